The van der Waals surface area contributed by atoms with E-state index in [-0.39, 0.29) is 5.56 Å². The molecule has 7 rings (SSSR count). The number of nitrogens with zero attached hydrogens (tertiary/aromatic N) is 9. The molecule has 1 N–H and O–H groups in total. The predicted octanol–water partition coefficient (Wildman–Crippen LogP) is 2.87. The van der Waals surface area contributed by atoms with Gasteiger partial charge in [-0.05, 0) is 56.6 Å². The Balaban J connectivity index is 1.26. The van der Waals surface area contributed by atoms with Crippen molar-refractivity contribution in [1.82, 2.24) is 39.0 Å². The van der Waals surface area contributed by atoms with Crippen LogP contribution in [-0.4, -0.2) is 72.2 Å². The Kier molecular flexibility index (Phi) is 5.05. The highest BCUT2D eigenvalue weighted by Gasteiger charge is 2.28. The number of rotatable bonds is 5. The maximum Gasteiger partial charge on any atom is 0.284 e. The third kappa shape index (κ3) is 3.55. The Bertz CT molecular complexity index is 1860. The molecule has 1 fully saturated rings. The number of hydrogen-bond donors (Lipinski definition) is 1. The lowest BCUT2D eigenvalue weighted by atomic mass is 10.1. The molecule has 11 heteroatoms. The largest absolute Gasteiger partial charge is 0.368 e. The second-order valence-corrected chi connectivity index (χ2v) is 9.56. The minimum absolute atomic E-state index is 0.296. The summed E-state index contributed by atoms with van der Waals surface area (Å²) < 4.78 is 3.15. The standard InChI is InChI=1S/C27H24N10O/c1-34(2)19-15-35(16-19)18-10-8-17(9-11-18)31-26-30-14-21-23(33-26)32-24-20-6-3-4-7-22(20)36(37(24)25(21)38)27-28-12-5-13-29-27/h3-14,19H,15-16H2,1-2H3,(H,30,31,33). The number of anilines is 3. The van der Waals surface area contributed by atoms with E-state index in [1.165, 1.54) is 16.4 Å². The molecule has 38 heavy (non-hydrogen) atoms. The van der Waals surface area contributed by atoms with Crippen LogP contribution in [-0.2, 0) is 0 Å². The van der Waals surface area contributed by atoms with Crippen molar-refractivity contribution in [2.75, 3.05) is 37.4 Å². The van der Waals surface area contributed by atoms with Gasteiger partial charge in [-0.2, -0.15) is 9.50 Å². The summed E-state index contributed by atoms with van der Waals surface area (Å²) in [5, 5.41) is 4.34. The first-order chi connectivity index (χ1) is 18.6. The molecule has 0 atom stereocenters. The van der Waals surface area contributed by atoms with Crippen LogP contribution in [0, 0.1) is 0 Å². The average molecular weight is 505 g/mol. The monoisotopic (exact) mass is 504 g/mol. The summed E-state index contributed by atoms with van der Waals surface area (Å²) in [7, 11) is 4.23. The van der Waals surface area contributed by atoms with E-state index >= 15 is 0 Å². The quantitative estimate of drug-likeness (QED) is 0.379. The number of nitrogens with one attached hydrogen (secondary N) is 1. The molecule has 6 aromatic rings. The van der Waals surface area contributed by atoms with Gasteiger partial charge < -0.3 is 15.1 Å². The van der Waals surface area contributed by atoms with Crippen molar-refractivity contribution in [3.05, 3.63) is 83.5 Å². The summed E-state index contributed by atoms with van der Waals surface area (Å²) in [5.74, 6) is 0.744. The van der Waals surface area contributed by atoms with Crippen LogP contribution in [0.15, 0.2) is 78.0 Å². The van der Waals surface area contributed by atoms with Gasteiger partial charge in [0.1, 0.15) is 5.39 Å². The normalized spacial score (nSPS) is 14.0. The van der Waals surface area contributed by atoms with Gasteiger partial charge in [0.05, 0.1) is 5.52 Å². The summed E-state index contributed by atoms with van der Waals surface area (Å²) in [4.78, 5) is 40.7. The van der Waals surface area contributed by atoms with E-state index in [9.17, 15) is 4.79 Å². The third-order valence-electron chi connectivity index (χ3n) is 7.00. The maximum atomic E-state index is 13.7. The summed E-state index contributed by atoms with van der Waals surface area (Å²) in [5.41, 5.74) is 3.30. The highest BCUT2D eigenvalue weighted by atomic mass is 16.1. The Morgan fingerprint density at radius 3 is 2.42 bits per heavy atom. The molecule has 4 aromatic heterocycles. The van der Waals surface area contributed by atoms with E-state index in [4.69, 9.17) is 4.98 Å². The lowest BCUT2D eigenvalue weighted by Gasteiger charge is -2.44. The number of para-hydroxylation sites is 1. The zero-order valence-electron chi connectivity index (χ0n) is 20.9. The third-order valence-corrected chi connectivity index (χ3v) is 7.00. The fourth-order valence-electron chi connectivity index (χ4n) is 4.82. The number of aromatic nitrogens is 7. The van der Waals surface area contributed by atoms with E-state index in [1.54, 1.807) is 23.1 Å². The van der Waals surface area contributed by atoms with Crippen molar-refractivity contribution >= 4 is 44.9 Å². The minimum Gasteiger partial charge on any atom is -0.368 e. The van der Waals surface area contributed by atoms with Gasteiger partial charge in [-0.15, -0.1) is 0 Å². The van der Waals surface area contributed by atoms with Crippen LogP contribution in [0.3, 0.4) is 0 Å². The lowest BCUT2D eigenvalue weighted by molar-refractivity contribution is 0.247. The molecule has 0 spiro atoms. The van der Waals surface area contributed by atoms with Crippen LogP contribution in [0.25, 0.3) is 33.5 Å². The maximum absolute atomic E-state index is 13.7. The van der Waals surface area contributed by atoms with Crippen molar-refractivity contribution in [1.29, 1.82) is 0 Å². The van der Waals surface area contributed by atoms with E-state index in [0.717, 1.165) is 29.7 Å². The summed E-state index contributed by atoms with van der Waals surface area (Å²) in [6, 6.07) is 18.2. The SMILES string of the molecule is CN(C)C1CN(c2ccc(Nc3ncc4c(=O)n5c(nc4n3)c3ccccc3n5-c3ncccn3)cc2)C1. The van der Waals surface area contributed by atoms with Crippen LogP contribution in [0.5, 0.6) is 0 Å². The van der Waals surface area contributed by atoms with Crippen LogP contribution >= 0.6 is 0 Å². The molecule has 1 saturated heterocycles. The molecule has 11 nitrogen and oxygen atoms in total. The molecular formula is C27H24N10O. The van der Waals surface area contributed by atoms with Gasteiger partial charge in [0.2, 0.25) is 11.9 Å². The molecule has 188 valence electrons. The van der Waals surface area contributed by atoms with Crippen molar-refractivity contribution < 1.29 is 0 Å². The molecule has 2 aromatic carbocycles. The van der Waals surface area contributed by atoms with Gasteiger partial charge >= 0.3 is 0 Å². The van der Waals surface area contributed by atoms with Crippen LogP contribution in [0.1, 0.15) is 0 Å². The summed E-state index contributed by atoms with van der Waals surface area (Å²) >= 11 is 0. The van der Waals surface area contributed by atoms with Crippen molar-refractivity contribution in [3.8, 4) is 5.95 Å². The number of benzene rings is 2. The van der Waals surface area contributed by atoms with Crippen LogP contribution in [0.2, 0.25) is 0 Å². The fourth-order valence-corrected chi connectivity index (χ4v) is 4.82. The van der Waals surface area contributed by atoms with E-state index < -0.39 is 0 Å². The first-order valence-electron chi connectivity index (χ1n) is 12.3. The molecule has 5 heterocycles. The molecule has 0 unspecified atom stereocenters. The first kappa shape index (κ1) is 22.3. The first-order valence-corrected chi connectivity index (χ1v) is 12.3. The Hall–Kier alpha value is -4.90. The van der Waals surface area contributed by atoms with Crippen molar-refractivity contribution in [2.24, 2.45) is 0 Å². The van der Waals surface area contributed by atoms with Crippen molar-refractivity contribution in [3.63, 3.8) is 0 Å². The van der Waals surface area contributed by atoms with Gasteiger partial charge in [-0.1, -0.05) is 12.1 Å². The van der Waals surface area contributed by atoms with Gasteiger partial charge in [-0.3, -0.25) is 4.79 Å². The lowest BCUT2D eigenvalue weighted by Crippen LogP contribution is -2.57. The van der Waals surface area contributed by atoms with E-state index in [2.05, 4.69) is 61.3 Å². The van der Waals surface area contributed by atoms with Crippen LogP contribution < -0.4 is 15.8 Å². The number of hydrogen-bond acceptors (Lipinski definition) is 9. The van der Waals surface area contributed by atoms with Gasteiger partial charge in [-0.25, -0.2) is 24.6 Å². The highest BCUT2D eigenvalue weighted by Crippen LogP contribution is 2.26. The Morgan fingerprint density at radius 1 is 0.895 bits per heavy atom. The Labute approximate surface area is 217 Å². The molecule has 0 saturated carbocycles. The second-order valence-electron chi connectivity index (χ2n) is 9.56. The van der Waals surface area contributed by atoms with Crippen LogP contribution in [0.4, 0.5) is 17.3 Å². The average Bonchev–Trinajstić information content (AvgIpc) is 3.24. The summed E-state index contributed by atoms with van der Waals surface area (Å²) in [6.45, 7) is 2.05. The molecule has 0 bridgehead atoms. The number of fused-ring (bicyclic) bond motifs is 4. The fraction of sp³-hybridized carbons (Fsp3) is 0.185. The topological polar surface area (TPSA) is 109 Å². The van der Waals surface area contributed by atoms with E-state index in [1.807, 2.05) is 36.4 Å². The van der Waals surface area contributed by atoms with Gasteiger partial charge in [0.25, 0.3) is 5.56 Å². The van der Waals surface area contributed by atoms with Crippen molar-refractivity contribution in [2.45, 2.75) is 6.04 Å². The number of likely N-dealkylation sites (N-methyl/N-ethyl adjacent to an activating group) is 1. The molecule has 1 aliphatic rings. The molecule has 0 radical (unpaired) electrons. The highest BCUT2D eigenvalue weighted by molar-refractivity contribution is 5.95. The molecule has 1 aliphatic heterocycles. The zero-order chi connectivity index (χ0) is 25.8. The minimum atomic E-state index is -0.296. The Morgan fingerprint density at radius 2 is 1.66 bits per heavy atom. The van der Waals surface area contributed by atoms with E-state index in [0.29, 0.717) is 34.6 Å². The predicted molar refractivity (Wildman–Crippen MR) is 146 cm³/mol. The smallest absolute Gasteiger partial charge is 0.284 e. The zero-order valence-corrected chi connectivity index (χ0v) is 20.9. The molecular weight excluding hydrogens is 480 g/mol. The van der Waals surface area contributed by atoms with Gasteiger partial charge in [0.15, 0.2) is 11.3 Å². The molecule has 0 aliphatic carbocycles. The summed E-state index contributed by atoms with van der Waals surface area (Å²) in [6.07, 6.45) is 4.79. The molecule has 0 amide bonds. The van der Waals surface area contributed by atoms with Gasteiger partial charge in [0, 0.05) is 54.5 Å². The second kappa shape index (κ2) is 8.60.